The molecule has 0 saturated heterocycles. The van der Waals surface area contributed by atoms with E-state index in [0.717, 1.165) is 16.7 Å². The van der Waals surface area contributed by atoms with Gasteiger partial charge in [0.25, 0.3) is 0 Å². The van der Waals surface area contributed by atoms with Crippen LogP contribution in [-0.4, -0.2) is 9.97 Å². The Morgan fingerprint density at radius 1 is 1.11 bits per heavy atom. The number of nitrogens with one attached hydrogen (secondary N) is 1. The largest absolute Gasteiger partial charge is 0.306 e. The summed E-state index contributed by atoms with van der Waals surface area (Å²) in [5.74, 6) is 5.24. The van der Waals surface area contributed by atoms with Gasteiger partial charge < -0.3 is 5.43 Å². The molecule has 5 heteroatoms. The number of hydrogen-bond donors (Lipinski definition) is 2. The van der Waals surface area contributed by atoms with Crippen LogP contribution < -0.4 is 11.3 Å². The van der Waals surface area contributed by atoms with Crippen molar-refractivity contribution in [3.8, 4) is 11.4 Å². The van der Waals surface area contributed by atoms with Gasteiger partial charge in [-0.3, -0.25) is 0 Å². The second kappa shape index (κ2) is 4.70. The van der Waals surface area contributed by atoms with Crippen LogP contribution >= 0.6 is 0 Å². The summed E-state index contributed by atoms with van der Waals surface area (Å²) in [5, 5.41) is 0. The average Bonchev–Trinajstić information content (AvgIpc) is 2.33. The van der Waals surface area contributed by atoms with E-state index in [0.29, 0.717) is 5.82 Å². The molecule has 1 heterocycles. The highest BCUT2D eigenvalue weighted by atomic mass is 19.1. The molecule has 0 amide bonds. The summed E-state index contributed by atoms with van der Waals surface area (Å²) >= 11 is 0. The lowest BCUT2D eigenvalue weighted by Gasteiger charge is -2.11. The van der Waals surface area contributed by atoms with Gasteiger partial charge in [-0.1, -0.05) is 18.2 Å². The number of hydrazine groups is 1. The molecule has 0 spiro atoms. The van der Waals surface area contributed by atoms with E-state index in [2.05, 4.69) is 15.4 Å². The number of aryl methyl sites for hydroxylation is 3. The molecule has 2 rings (SSSR count). The van der Waals surface area contributed by atoms with E-state index >= 15 is 0 Å². The molecule has 0 fully saturated rings. The third-order valence-corrected chi connectivity index (χ3v) is 2.86. The van der Waals surface area contributed by atoms with Crippen LogP contribution in [0.5, 0.6) is 0 Å². The maximum Gasteiger partial charge on any atom is 0.187 e. The fourth-order valence-corrected chi connectivity index (χ4v) is 1.93. The fraction of sp³-hybridized carbons (Fsp3) is 0.231. The highest BCUT2D eigenvalue weighted by molar-refractivity contribution is 5.65. The van der Waals surface area contributed by atoms with Gasteiger partial charge in [-0.2, -0.15) is 0 Å². The Labute approximate surface area is 105 Å². The summed E-state index contributed by atoms with van der Waals surface area (Å²) in [4.78, 5) is 8.31. The number of nitrogens with two attached hydrogens (primary N) is 1. The number of hydrogen-bond acceptors (Lipinski definition) is 4. The number of nitrogens with zero attached hydrogens (tertiary/aromatic N) is 2. The highest BCUT2D eigenvalue weighted by Gasteiger charge is 2.14. The van der Waals surface area contributed by atoms with E-state index in [1.165, 1.54) is 0 Å². The van der Waals surface area contributed by atoms with Gasteiger partial charge >= 0.3 is 0 Å². The summed E-state index contributed by atoms with van der Waals surface area (Å²) in [5.41, 5.74) is 5.54. The van der Waals surface area contributed by atoms with Crippen LogP contribution in [0.15, 0.2) is 18.2 Å². The summed E-state index contributed by atoms with van der Waals surface area (Å²) in [6.07, 6.45) is 0. The molecule has 0 aliphatic rings. The Hall–Kier alpha value is -2.01. The Kier molecular flexibility index (Phi) is 3.25. The predicted molar refractivity (Wildman–Crippen MR) is 69.4 cm³/mol. The molecule has 0 aliphatic heterocycles. The van der Waals surface area contributed by atoms with Crippen LogP contribution in [0.3, 0.4) is 0 Å². The van der Waals surface area contributed by atoms with Gasteiger partial charge in [0, 0.05) is 5.56 Å². The third-order valence-electron chi connectivity index (χ3n) is 2.86. The van der Waals surface area contributed by atoms with Crippen LogP contribution in [0, 0.1) is 26.6 Å². The van der Waals surface area contributed by atoms with Crippen LogP contribution in [0.25, 0.3) is 11.4 Å². The van der Waals surface area contributed by atoms with Gasteiger partial charge in [0.2, 0.25) is 0 Å². The van der Waals surface area contributed by atoms with E-state index in [4.69, 9.17) is 5.84 Å². The first-order chi connectivity index (χ1) is 8.54. The van der Waals surface area contributed by atoms with Gasteiger partial charge in [-0.15, -0.1) is 0 Å². The summed E-state index contributed by atoms with van der Waals surface area (Å²) in [6.45, 7) is 5.54. The van der Waals surface area contributed by atoms with Gasteiger partial charge in [0.15, 0.2) is 17.5 Å². The van der Waals surface area contributed by atoms with Crippen LogP contribution in [-0.2, 0) is 0 Å². The average molecular weight is 246 g/mol. The topological polar surface area (TPSA) is 63.8 Å². The van der Waals surface area contributed by atoms with Gasteiger partial charge in [-0.05, 0) is 31.9 Å². The summed E-state index contributed by atoms with van der Waals surface area (Å²) < 4.78 is 13.6. The zero-order chi connectivity index (χ0) is 13.3. The first-order valence-electron chi connectivity index (χ1n) is 5.62. The van der Waals surface area contributed by atoms with Crippen LogP contribution in [0.1, 0.15) is 16.8 Å². The third kappa shape index (κ3) is 2.04. The number of benzene rings is 1. The molecule has 4 nitrogen and oxygen atoms in total. The Balaban J connectivity index is 2.68. The van der Waals surface area contributed by atoms with Crippen molar-refractivity contribution in [1.29, 1.82) is 0 Å². The van der Waals surface area contributed by atoms with E-state index in [1.807, 2.05) is 32.0 Å². The number of rotatable bonds is 2. The minimum atomic E-state index is -0.521. The molecule has 0 saturated carbocycles. The van der Waals surface area contributed by atoms with Crippen molar-refractivity contribution in [3.05, 3.63) is 40.8 Å². The lowest BCUT2D eigenvalue weighted by atomic mass is 10.0. The van der Waals surface area contributed by atoms with Gasteiger partial charge in [0.1, 0.15) is 0 Å². The van der Waals surface area contributed by atoms with Crippen molar-refractivity contribution < 1.29 is 4.39 Å². The van der Waals surface area contributed by atoms with E-state index < -0.39 is 5.82 Å². The number of nitrogen functional groups attached to an aromatic ring is 1. The predicted octanol–water partition coefficient (Wildman–Crippen LogP) is 2.49. The molecule has 3 N–H and O–H groups in total. The van der Waals surface area contributed by atoms with Gasteiger partial charge in [-0.25, -0.2) is 20.2 Å². The Morgan fingerprint density at radius 2 is 1.72 bits per heavy atom. The molecule has 2 aromatic rings. The molecule has 94 valence electrons. The van der Waals surface area contributed by atoms with E-state index in [1.54, 1.807) is 6.92 Å². The molecule has 0 bridgehead atoms. The molecular formula is C13H15FN4. The quantitative estimate of drug-likeness (QED) is 0.631. The van der Waals surface area contributed by atoms with Crippen LogP contribution in [0.2, 0.25) is 0 Å². The van der Waals surface area contributed by atoms with Crippen LogP contribution in [0.4, 0.5) is 10.2 Å². The molecule has 0 radical (unpaired) electrons. The number of halogens is 1. The maximum absolute atomic E-state index is 13.6. The van der Waals surface area contributed by atoms with E-state index in [9.17, 15) is 4.39 Å². The minimum absolute atomic E-state index is 0.0140. The molecular weight excluding hydrogens is 231 g/mol. The lowest BCUT2D eigenvalue weighted by molar-refractivity contribution is 0.606. The van der Waals surface area contributed by atoms with Crippen molar-refractivity contribution in [2.45, 2.75) is 20.8 Å². The SMILES string of the molecule is Cc1cccc(C)c1-c1nc(C)c(F)c(NN)n1. The Morgan fingerprint density at radius 3 is 2.28 bits per heavy atom. The smallest absolute Gasteiger partial charge is 0.187 e. The first kappa shape index (κ1) is 12.4. The van der Waals surface area contributed by atoms with Crippen molar-refractivity contribution in [3.63, 3.8) is 0 Å². The highest BCUT2D eigenvalue weighted by Crippen LogP contribution is 2.26. The summed E-state index contributed by atoms with van der Waals surface area (Å²) in [7, 11) is 0. The molecule has 0 atom stereocenters. The normalized spacial score (nSPS) is 10.5. The van der Waals surface area contributed by atoms with E-state index in [-0.39, 0.29) is 11.5 Å². The standard InChI is InChI=1S/C13H15FN4/c1-7-5-4-6-8(2)10(7)12-16-9(3)11(14)13(17-12)18-15/h4-6H,15H2,1-3H3,(H,16,17,18). The zero-order valence-corrected chi connectivity index (χ0v) is 10.6. The van der Waals surface area contributed by atoms with Crippen molar-refractivity contribution in [2.75, 3.05) is 5.43 Å². The van der Waals surface area contributed by atoms with Crippen molar-refractivity contribution in [1.82, 2.24) is 9.97 Å². The summed E-state index contributed by atoms with van der Waals surface area (Å²) in [6, 6.07) is 5.91. The molecule has 0 unspecified atom stereocenters. The number of anilines is 1. The fourth-order valence-electron chi connectivity index (χ4n) is 1.93. The second-order valence-corrected chi connectivity index (χ2v) is 4.21. The zero-order valence-electron chi connectivity index (χ0n) is 10.6. The maximum atomic E-state index is 13.6. The lowest BCUT2D eigenvalue weighted by Crippen LogP contribution is -2.13. The molecule has 1 aromatic carbocycles. The van der Waals surface area contributed by atoms with Crippen molar-refractivity contribution >= 4 is 5.82 Å². The molecule has 18 heavy (non-hydrogen) atoms. The molecule has 1 aromatic heterocycles. The monoisotopic (exact) mass is 246 g/mol. The van der Waals surface area contributed by atoms with Crippen molar-refractivity contribution in [2.24, 2.45) is 5.84 Å². The number of aromatic nitrogens is 2. The van der Waals surface area contributed by atoms with Gasteiger partial charge in [0.05, 0.1) is 5.69 Å². The molecule has 0 aliphatic carbocycles. The first-order valence-corrected chi connectivity index (χ1v) is 5.62. The second-order valence-electron chi connectivity index (χ2n) is 4.21. The Bertz CT molecular complexity index is 576. The minimum Gasteiger partial charge on any atom is -0.306 e.